The van der Waals surface area contributed by atoms with Crippen LogP contribution in [-0.2, 0) is 4.74 Å². The molecule has 1 saturated heterocycles. The lowest BCUT2D eigenvalue weighted by atomic mass is 10.1. The van der Waals surface area contributed by atoms with Gasteiger partial charge in [0.05, 0.1) is 26.3 Å². The van der Waals surface area contributed by atoms with Gasteiger partial charge in [0.2, 0.25) is 0 Å². The number of anilines is 1. The van der Waals surface area contributed by atoms with E-state index in [1.165, 1.54) is 0 Å². The Labute approximate surface area is 117 Å². The van der Waals surface area contributed by atoms with Gasteiger partial charge in [-0.3, -0.25) is 0 Å². The third-order valence-electron chi connectivity index (χ3n) is 3.46. The maximum atomic E-state index is 9.01. The molecule has 1 aromatic carbocycles. The zero-order valence-electron chi connectivity index (χ0n) is 11.2. The van der Waals surface area contributed by atoms with E-state index in [1.807, 2.05) is 24.3 Å². The molecule has 5 heteroatoms. The summed E-state index contributed by atoms with van der Waals surface area (Å²) in [6, 6.07) is 10.1. The van der Waals surface area contributed by atoms with Crippen LogP contribution in [0.1, 0.15) is 0 Å². The molecule has 0 saturated carbocycles. The summed E-state index contributed by atoms with van der Waals surface area (Å²) in [7, 11) is 1.65. The molecule has 1 atom stereocenters. The highest BCUT2D eigenvalue weighted by atomic mass is 16.5. The molecule has 1 aliphatic heterocycles. The molecular formula is C15H15N3O2. The first kappa shape index (κ1) is 12.7. The van der Waals surface area contributed by atoms with Crippen molar-refractivity contribution >= 4 is 16.6 Å². The van der Waals surface area contributed by atoms with Gasteiger partial charge < -0.3 is 14.4 Å². The first-order valence-electron chi connectivity index (χ1n) is 6.51. The second-order valence-electron chi connectivity index (χ2n) is 4.66. The summed E-state index contributed by atoms with van der Waals surface area (Å²) >= 11 is 0. The van der Waals surface area contributed by atoms with Crippen molar-refractivity contribution in [2.24, 2.45) is 0 Å². The van der Waals surface area contributed by atoms with Crippen LogP contribution in [0.2, 0.25) is 0 Å². The Balaban J connectivity index is 2.04. The minimum atomic E-state index is -0.397. The van der Waals surface area contributed by atoms with Gasteiger partial charge in [-0.15, -0.1) is 0 Å². The normalized spacial score (nSPS) is 18.8. The van der Waals surface area contributed by atoms with Gasteiger partial charge in [-0.05, 0) is 23.6 Å². The molecule has 1 unspecified atom stereocenters. The summed E-state index contributed by atoms with van der Waals surface area (Å²) < 4.78 is 10.7. The number of hydrogen-bond donors (Lipinski definition) is 0. The van der Waals surface area contributed by atoms with Gasteiger partial charge in [0.1, 0.15) is 11.6 Å². The fourth-order valence-corrected chi connectivity index (χ4v) is 2.43. The molecule has 5 nitrogen and oxygen atoms in total. The van der Waals surface area contributed by atoms with Crippen molar-refractivity contribution in [3.8, 4) is 11.8 Å². The molecule has 0 radical (unpaired) electrons. The van der Waals surface area contributed by atoms with Gasteiger partial charge >= 0.3 is 0 Å². The van der Waals surface area contributed by atoms with Crippen molar-refractivity contribution in [1.29, 1.82) is 5.26 Å². The molecule has 0 bridgehead atoms. The first-order chi connectivity index (χ1) is 9.81. The van der Waals surface area contributed by atoms with E-state index in [-0.39, 0.29) is 0 Å². The Hall–Kier alpha value is -2.32. The van der Waals surface area contributed by atoms with Crippen molar-refractivity contribution in [2.75, 3.05) is 31.7 Å². The monoisotopic (exact) mass is 269 g/mol. The predicted molar refractivity (Wildman–Crippen MR) is 75.9 cm³/mol. The van der Waals surface area contributed by atoms with E-state index in [1.54, 1.807) is 13.3 Å². The van der Waals surface area contributed by atoms with Gasteiger partial charge in [-0.2, -0.15) is 5.26 Å². The van der Waals surface area contributed by atoms with Crippen LogP contribution in [0, 0.1) is 11.3 Å². The van der Waals surface area contributed by atoms with Crippen LogP contribution in [0.15, 0.2) is 30.5 Å². The van der Waals surface area contributed by atoms with Crippen molar-refractivity contribution < 1.29 is 9.47 Å². The fraction of sp³-hybridized carbons (Fsp3) is 0.333. The van der Waals surface area contributed by atoms with E-state index in [2.05, 4.69) is 16.0 Å². The van der Waals surface area contributed by atoms with E-state index >= 15 is 0 Å². The number of methoxy groups -OCH3 is 1. The van der Waals surface area contributed by atoms with Crippen molar-refractivity contribution in [3.63, 3.8) is 0 Å². The molecular weight excluding hydrogens is 254 g/mol. The fourth-order valence-electron chi connectivity index (χ4n) is 2.43. The number of nitriles is 1. The Morgan fingerprint density at radius 1 is 1.45 bits per heavy atom. The summed E-state index contributed by atoms with van der Waals surface area (Å²) in [5, 5.41) is 11.1. The molecule has 0 N–H and O–H groups in total. The number of rotatable bonds is 2. The Morgan fingerprint density at radius 2 is 2.35 bits per heavy atom. The van der Waals surface area contributed by atoms with E-state index in [0.29, 0.717) is 13.2 Å². The topological polar surface area (TPSA) is 58.4 Å². The highest BCUT2D eigenvalue weighted by Crippen LogP contribution is 2.29. The molecule has 102 valence electrons. The molecule has 3 rings (SSSR count). The minimum Gasteiger partial charge on any atom is -0.497 e. The molecule has 1 aromatic heterocycles. The number of fused-ring (bicyclic) bond motifs is 1. The number of morpholine rings is 1. The third-order valence-corrected chi connectivity index (χ3v) is 3.46. The summed E-state index contributed by atoms with van der Waals surface area (Å²) in [6.45, 7) is 1.82. The average Bonchev–Trinajstić information content (AvgIpc) is 2.53. The molecule has 1 aliphatic rings. The van der Waals surface area contributed by atoms with E-state index in [0.717, 1.165) is 28.9 Å². The number of aromatic nitrogens is 1. The molecule has 0 amide bonds. The summed E-state index contributed by atoms with van der Waals surface area (Å²) in [5.41, 5.74) is 0. The Kier molecular flexibility index (Phi) is 3.40. The largest absolute Gasteiger partial charge is 0.497 e. The second-order valence-corrected chi connectivity index (χ2v) is 4.66. The van der Waals surface area contributed by atoms with Crippen LogP contribution in [0.25, 0.3) is 10.8 Å². The van der Waals surface area contributed by atoms with Gasteiger partial charge in [-0.25, -0.2) is 4.98 Å². The lowest BCUT2D eigenvalue weighted by molar-refractivity contribution is 0.0762. The predicted octanol–water partition coefficient (Wildman–Crippen LogP) is 1.97. The number of nitrogens with zero attached hydrogens (tertiary/aromatic N) is 3. The second kappa shape index (κ2) is 5.35. The molecule has 1 fully saturated rings. The maximum absolute atomic E-state index is 9.01. The molecule has 0 spiro atoms. The van der Waals surface area contributed by atoms with Crippen LogP contribution in [0.5, 0.6) is 5.75 Å². The van der Waals surface area contributed by atoms with Crippen LogP contribution < -0.4 is 9.64 Å². The zero-order valence-corrected chi connectivity index (χ0v) is 11.2. The van der Waals surface area contributed by atoms with Crippen LogP contribution in [-0.4, -0.2) is 37.9 Å². The van der Waals surface area contributed by atoms with Crippen molar-refractivity contribution in [3.05, 3.63) is 30.5 Å². The van der Waals surface area contributed by atoms with Crippen LogP contribution >= 0.6 is 0 Å². The smallest absolute Gasteiger partial charge is 0.161 e. The standard InChI is InChI=1S/C15H15N3O2/c1-19-12-3-2-11-4-5-17-15(14(11)8-12)18-6-7-20-13(9-16)10-18/h2-5,8,13H,6-7,10H2,1H3. The average molecular weight is 269 g/mol. The van der Waals surface area contributed by atoms with Gasteiger partial charge in [0.25, 0.3) is 0 Å². The van der Waals surface area contributed by atoms with Gasteiger partial charge in [-0.1, -0.05) is 6.07 Å². The summed E-state index contributed by atoms with van der Waals surface area (Å²) in [6.07, 6.45) is 1.40. The van der Waals surface area contributed by atoms with Crippen molar-refractivity contribution in [1.82, 2.24) is 4.98 Å². The zero-order chi connectivity index (χ0) is 13.9. The lowest BCUT2D eigenvalue weighted by Crippen LogP contribution is -2.42. The number of ether oxygens (including phenoxy) is 2. The quantitative estimate of drug-likeness (QED) is 0.834. The Bertz CT molecular complexity index is 666. The molecule has 2 heterocycles. The molecule has 2 aromatic rings. The van der Waals surface area contributed by atoms with E-state index in [4.69, 9.17) is 14.7 Å². The van der Waals surface area contributed by atoms with Crippen LogP contribution in [0.4, 0.5) is 5.82 Å². The van der Waals surface area contributed by atoms with Crippen molar-refractivity contribution in [2.45, 2.75) is 6.10 Å². The summed E-state index contributed by atoms with van der Waals surface area (Å²) in [5.74, 6) is 1.68. The number of hydrogen-bond acceptors (Lipinski definition) is 5. The lowest BCUT2D eigenvalue weighted by Gasteiger charge is -2.31. The van der Waals surface area contributed by atoms with Crippen LogP contribution in [0.3, 0.4) is 0 Å². The highest BCUT2D eigenvalue weighted by Gasteiger charge is 2.22. The minimum absolute atomic E-state index is 0.397. The van der Waals surface area contributed by atoms with Gasteiger partial charge in [0.15, 0.2) is 6.10 Å². The Morgan fingerprint density at radius 3 is 3.15 bits per heavy atom. The molecule has 20 heavy (non-hydrogen) atoms. The van der Waals surface area contributed by atoms with Gasteiger partial charge in [0, 0.05) is 18.1 Å². The maximum Gasteiger partial charge on any atom is 0.161 e. The van der Waals surface area contributed by atoms with E-state index in [9.17, 15) is 0 Å². The highest BCUT2D eigenvalue weighted by molar-refractivity contribution is 5.93. The third kappa shape index (κ3) is 2.26. The first-order valence-corrected chi connectivity index (χ1v) is 6.51. The molecule has 0 aliphatic carbocycles. The number of pyridine rings is 1. The number of benzene rings is 1. The van der Waals surface area contributed by atoms with E-state index < -0.39 is 6.10 Å². The SMILES string of the molecule is COc1ccc2ccnc(N3CCOC(C#N)C3)c2c1. The summed E-state index contributed by atoms with van der Waals surface area (Å²) in [4.78, 5) is 6.58.